The lowest BCUT2D eigenvalue weighted by Gasteiger charge is -2.23. The Morgan fingerprint density at radius 2 is 1.86 bits per heavy atom. The van der Waals surface area contributed by atoms with Gasteiger partial charge in [0, 0.05) is 42.8 Å². The number of piperidine rings is 1. The third-order valence-electron chi connectivity index (χ3n) is 7.32. The zero-order chi connectivity index (χ0) is 28.9. The number of pyridine rings is 2. The van der Waals surface area contributed by atoms with Crippen LogP contribution in [0.25, 0.3) is 22.0 Å². The van der Waals surface area contributed by atoms with Crippen molar-refractivity contribution in [2.24, 2.45) is 0 Å². The first-order valence-corrected chi connectivity index (χ1v) is 15.8. The third-order valence-corrected chi connectivity index (χ3v) is 8.84. The number of aryl methyl sites for hydroxylation is 1. The number of ether oxygens (including phenoxy) is 1. The number of sulfone groups is 1. The van der Waals surface area contributed by atoms with Crippen LogP contribution in [0.15, 0.2) is 85.5 Å². The minimum atomic E-state index is -3.44. The molecular formula is C32H32N6O3S. The second-order valence-corrected chi connectivity index (χ2v) is 12.6. The van der Waals surface area contributed by atoms with Crippen LogP contribution in [0.1, 0.15) is 29.5 Å². The molecule has 0 amide bonds. The second-order valence-electron chi connectivity index (χ2n) is 10.5. The number of hydrogen-bond donors (Lipinski definition) is 2. The Morgan fingerprint density at radius 3 is 2.69 bits per heavy atom. The smallest absolute Gasteiger partial charge is 0.228 e. The van der Waals surface area contributed by atoms with Crippen molar-refractivity contribution in [1.29, 1.82) is 0 Å². The van der Waals surface area contributed by atoms with Crippen molar-refractivity contribution >= 4 is 26.6 Å². The van der Waals surface area contributed by atoms with E-state index in [-0.39, 0.29) is 17.5 Å². The van der Waals surface area contributed by atoms with E-state index in [0.717, 1.165) is 47.8 Å². The van der Waals surface area contributed by atoms with Crippen LogP contribution in [-0.4, -0.2) is 47.5 Å². The predicted octanol–water partition coefficient (Wildman–Crippen LogP) is 5.47. The Hall–Kier alpha value is -4.41. The van der Waals surface area contributed by atoms with Gasteiger partial charge in [-0.05, 0) is 72.7 Å². The molecule has 1 saturated heterocycles. The lowest BCUT2D eigenvalue weighted by atomic mass is 10.0. The molecule has 6 rings (SSSR count). The molecule has 0 saturated carbocycles. The van der Waals surface area contributed by atoms with Crippen molar-refractivity contribution in [2.45, 2.75) is 37.3 Å². The average molecular weight is 581 g/mol. The molecule has 10 heteroatoms. The van der Waals surface area contributed by atoms with Gasteiger partial charge in [-0.2, -0.15) is 0 Å². The summed E-state index contributed by atoms with van der Waals surface area (Å²) in [4.78, 5) is 17.8. The fraction of sp³-hybridized carbons (Fsp3) is 0.250. The van der Waals surface area contributed by atoms with Crippen LogP contribution < -0.4 is 15.4 Å². The SMILES string of the molecule is Cc1ccc2c(CS(=O)(=O)Cc3cccnc3)cccc2c1Oc1ncccc1-c1ccnc(N[C@H]2CCCNC2)n1. The van der Waals surface area contributed by atoms with Crippen molar-refractivity contribution in [2.75, 3.05) is 18.4 Å². The highest BCUT2D eigenvalue weighted by atomic mass is 32.2. The van der Waals surface area contributed by atoms with E-state index < -0.39 is 9.84 Å². The molecule has 0 aliphatic carbocycles. The van der Waals surface area contributed by atoms with Crippen LogP contribution in [-0.2, 0) is 21.3 Å². The van der Waals surface area contributed by atoms with E-state index in [1.54, 1.807) is 36.9 Å². The fourth-order valence-electron chi connectivity index (χ4n) is 5.29. The maximum Gasteiger partial charge on any atom is 0.228 e. The summed E-state index contributed by atoms with van der Waals surface area (Å²) < 4.78 is 32.8. The van der Waals surface area contributed by atoms with Gasteiger partial charge in [0.05, 0.1) is 22.8 Å². The predicted molar refractivity (Wildman–Crippen MR) is 164 cm³/mol. The van der Waals surface area contributed by atoms with Crippen molar-refractivity contribution < 1.29 is 13.2 Å². The van der Waals surface area contributed by atoms with Crippen LogP contribution in [0.5, 0.6) is 11.6 Å². The lowest BCUT2D eigenvalue weighted by Crippen LogP contribution is -2.38. The van der Waals surface area contributed by atoms with E-state index >= 15 is 0 Å². The molecule has 0 radical (unpaired) electrons. The zero-order valence-corrected chi connectivity index (χ0v) is 24.1. The molecule has 42 heavy (non-hydrogen) atoms. The summed E-state index contributed by atoms with van der Waals surface area (Å²) in [5, 5.41) is 8.47. The van der Waals surface area contributed by atoms with Gasteiger partial charge in [-0.1, -0.05) is 36.4 Å². The van der Waals surface area contributed by atoms with Crippen molar-refractivity contribution in [1.82, 2.24) is 25.3 Å². The van der Waals surface area contributed by atoms with Crippen LogP contribution in [0.3, 0.4) is 0 Å². The molecule has 4 heterocycles. The van der Waals surface area contributed by atoms with E-state index in [9.17, 15) is 8.42 Å². The number of anilines is 1. The molecule has 0 spiro atoms. The molecule has 2 aromatic carbocycles. The number of aromatic nitrogens is 4. The van der Waals surface area contributed by atoms with E-state index in [1.165, 1.54) is 0 Å². The quantitative estimate of drug-likeness (QED) is 0.234. The Balaban J connectivity index is 1.30. The average Bonchev–Trinajstić information content (AvgIpc) is 3.00. The number of fused-ring (bicyclic) bond motifs is 1. The Labute approximate surface area is 245 Å². The fourth-order valence-corrected chi connectivity index (χ4v) is 6.80. The van der Waals surface area contributed by atoms with Gasteiger partial charge >= 0.3 is 0 Å². The molecule has 9 nitrogen and oxygen atoms in total. The number of rotatable bonds is 9. The molecule has 1 fully saturated rings. The van der Waals surface area contributed by atoms with Crippen molar-refractivity contribution in [3.63, 3.8) is 0 Å². The standard InChI is InChI=1S/C32H32N6O3S/c1-22-11-12-26-24(21-42(39,40)20-23-6-3-14-33-18-23)7-2-9-27(26)30(22)41-31-28(10-5-16-35-31)29-13-17-36-32(38-29)37-25-8-4-15-34-19-25/h2-3,5-7,9-14,16-18,25,34H,4,8,15,19-21H2,1H3,(H,36,37,38)/t25-/m0/s1. The van der Waals surface area contributed by atoms with Gasteiger partial charge in [0.25, 0.3) is 0 Å². The van der Waals surface area contributed by atoms with E-state index in [4.69, 9.17) is 9.72 Å². The summed E-state index contributed by atoms with van der Waals surface area (Å²) in [6.07, 6.45) is 8.82. The van der Waals surface area contributed by atoms with E-state index in [2.05, 4.69) is 25.6 Å². The monoisotopic (exact) mass is 580 g/mol. The molecule has 0 unspecified atom stereocenters. The summed E-state index contributed by atoms with van der Waals surface area (Å²) in [7, 11) is -3.44. The second kappa shape index (κ2) is 12.2. The first kappa shape index (κ1) is 27.7. The highest BCUT2D eigenvalue weighted by Gasteiger charge is 2.19. The molecule has 3 aromatic heterocycles. The summed E-state index contributed by atoms with van der Waals surface area (Å²) in [6, 6.07) is 19.0. The van der Waals surface area contributed by atoms with Gasteiger partial charge in [0.15, 0.2) is 9.84 Å². The van der Waals surface area contributed by atoms with Gasteiger partial charge in [-0.25, -0.2) is 23.4 Å². The number of hydrogen-bond acceptors (Lipinski definition) is 9. The summed E-state index contributed by atoms with van der Waals surface area (Å²) in [5.74, 6) is 1.43. The van der Waals surface area contributed by atoms with Gasteiger partial charge < -0.3 is 15.4 Å². The Morgan fingerprint density at radius 1 is 0.952 bits per heavy atom. The van der Waals surface area contributed by atoms with Crippen LogP contribution in [0.4, 0.5) is 5.95 Å². The Kier molecular flexibility index (Phi) is 8.07. The molecular weight excluding hydrogens is 548 g/mol. The molecule has 214 valence electrons. The zero-order valence-electron chi connectivity index (χ0n) is 23.3. The van der Waals surface area contributed by atoms with Crippen LogP contribution in [0.2, 0.25) is 0 Å². The molecule has 1 aliphatic heterocycles. The summed E-state index contributed by atoms with van der Waals surface area (Å²) >= 11 is 0. The molecule has 0 bridgehead atoms. The number of nitrogens with one attached hydrogen (secondary N) is 2. The van der Waals surface area contributed by atoms with E-state index in [0.29, 0.717) is 34.4 Å². The van der Waals surface area contributed by atoms with Crippen LogP contribution in [0, 0.1) is 6.92 Å². The third kappa shape index (κ3) is 6.40. The van der Waals surface area contributed by atoms with Gasteiger partial charge in [-0.3, -0.25) is 4.98 Å². The summed E-state index contributed by atoms with van der Waals surface area (Å²) in [6.45, 7) is 3.88. The maximum absolute atomic E-state index is 13.1. The minimum Gasteiger partial charge on any atom is -0.437 e. The first-order valence-electron chi connectivity index (χ1n) is 14.0. The number of nitrogens with zero attached hydrogens (tertiary/aromatic N) is 4. The van der Waals surface area contributed by atoms with Crippen molar-refractivity contribution in [3.8, 4) is 22.9 Å². The highest BCUT2D eigenvalue weighted by molar-refractivity contribution is 7.89. The van der Waals surface area contributed by atoms with Gasteiger partial charge in [0.2, 0.25) is 11.8 Å². The first-order chi connectivity index (χ1) is 20.4. The van der Waals surface area contributed by atoms with Crippen LogP contribution >= 0.6 is 0 Å². The largest absolute Gasteiger partial charge is 0.437 e. The van der Waals surface area contributed by atoms with Gasteiger partial charge in [-0.15, -0.1) is 0 Å². The van der Waals surface area contributed by atoms with E-state index in [1.807, 2.05) is 55.5 Å². The molecule has 1 atom stereocenters. The maximum atomic E-state index is 13.1. The summed E-state index contributed by atoms with van der Waals surface area (Å²) in [5.41, 5.74) is 3.71. The number of benzene rings is 2. The molecule has 1 aliphatic rings. The highest BCUT2D eigenvalue weighted by Crippen LogP contribution is 2.38. The normalized spacial score (nSPS) is 15.4. The van der Waals surface area contributed by atoms with Gasteiger partial charge in [0.1, 0.15) is 5.75 Å². The topological polar surface area (TPSA) is 119 Å². The minimum absolute atomic E-state index is 0.0726. The van der Waals surface area contributed by atoms with Crippen molar-refractivity contribution in [3.05, 3.63) is 102 Å². The lowest BCUT2D eigenvalue weighted by molar-refractivity contribution is 0.466. The molecule has 5 aromatic rings. The Bertz CT molecular complexity index is 1810. The molecule has 2 N–H and O–H groups in total.